The number of para-hydroxylation sites is 1. The smallest absolute Gasteiger partial charge is 0.0411 e. The van der Waals surface area contributed by atoms with Crippen LogP contribution in [0.1, 0.15) is 43.2 Å². The molecule has 0 fully saturated rings. The van der Waals surface area contributed by atoms with Gasteiger partial charge in [0.2, 0.25) is 0 Å². The molecule has 1 aliphatic rings. The minimum atomic E-state index is 0.587. The molecule has 1 atom stereocenters. The van der Waals surface area contributed by atoms with Gasteiger partial charge in [-0.15, -0.1) is 0 Å². The Morgan fingerprint density at radius 3 is 2.93 bits per heavy atom. The highest BCUT2D eigenvalue weighted by molar-refractivity contribution is 5.64. The van der Waals surface area contributed by atoms with E-state index in [0.29, 0.717) is 11.8 Å². The molecule has 1 aliphatic heterocycles. The number of anilines is 1. The lowest BCUT2D eigenvalue weighted by Crippen LogP contribution is -2.08. The number of hydrogen-bond donors (Lipinski definition) is 2. The Balaban J connectivity index is 2.34. The summed E-state index contributed by atoms with van der Waals surface area (Å²) >= 11 is 0. The van der Waals surface area contributed by atoms with E-state index in [1.807, 2.05) is 0 Å². The van der Waals surface area contributed by atoms with Gasteiger partial charge >= 0.3 is 0 Å². The third-order valence-electron chi connectivity index (χ3n) is 3.23. The molecular formula is C13H20N2. The van der Waals surface area contributed by atoms with Crippen LogP contribution in [0.2, 0.25) is 0 Å². The van der Waals surface area contributed by atoms with Gasteiger partial charge in [0.15, 0.2) is 0 Å². The Bertz CT molecular complexity index is 344. The normalized spacial score (nSPS) is 19.1. The van der Waals surface area contributed by atoms with Gasteiger partial charge in [-0.25, -0.2) is 0 Å². The fraction of sp³-hybridized carbons (Fsp3) is 0.538. The SMILES string of the molecule is CC(C)c1cccc2c1NCC2CCN. The monoisotopic (exact) mass is 204 g/mol. The van der Waals surface area contributed by atoms with Gasteiger partial charge in [-0.1, -0.05) is 32.0 Å². The first kappa shape index (κ1) is 10.5. The standard InChI is InChI=1S/C13H20N2/c1-9(2)11-4-3-5-12-10(6-7-14)8-15-13(11)12/h3-5,9-10,15H,6-8,14H2,1-2H3. The van der Waals surface area contributed by atoms with E-state index in [4.69, 9.17) is 5.73 Å². The van der Waals surface area contributed by atoms with Crippen molar-refractivity contribution in [2.24, 2.45) is 5.73 Å². The van der Waals surface area contributed by atoms with Crippen LogP contribution in [0.5, 0.6) is 0 Å². The number of nitrogens with one attached hydrogen (secondary N) is 1. The Morgan fingerprint density at radius 2 is 2.27 bits per heavy atom. The molecule has 1 aromatic rings. The summed E-state index contributed by atoms with van der Waals surface area (Å²) in [6.07, 6.45) is 1.08. The van der Waals surface area contributed by atoms with E-state index in [0.717, 1.165) is 19.5 Å². The van der Waals surface area contributed by atoms with Gasteiger partial charge in [0, 0.05) is 18.2 Å². The van der Waals surface area contributed by atoms with Crippen LogP contribution >= 0.6 is 0 Å². The summed E-state index contributed by atoms with van der Waals surface area (Å²) < 4.78 is 0. The predicted octanol–water partition coefficient (Wildman–Crippen LogP) is 2.67. The summed E-state index contributed by atoms with van der Waals surface area (Å²) in [4.78, 5) is 0. The van der Waals surface area contributed by atoms with Crippen LogP contribution in [0, 0.1) is 0 Å². The van der Waals surface area contributed by atoms with Crippen molar-refractivity contribution in [1.82, 2.24) is 0 Å². The molecule has 0 aliphatic carbocycles. The zero-order valence-electron chi connectivity index (χ0n) is 9.59. The van der Waals surface area contributed by atoms with Crippen LogP contribution < -0.4 is 11.1 Å². The van der Waals surface area contributed by atoms with E-state index in [1.54, 1.807) is 0 Å². The van der Waals surface area contributed by atoms with Crippen LogP contribution in [-0.4, -0.2) is 13.1 Å². The van der Waals surface area contributed by atoms with Gasteiger partial charge in [0.05, 0.1) is 0 Å². The van der Waals surface area contributed by atoms with Gasteiger partial charge in [-0.05, 0) is 30.0 Å². The summed E-state index contributed by atoms with van der Waals surface area (Å²) in [6, 6.07) is 6.63. The molecule has 0 spiro atoms. The third-order valence-corrected chi connectivity index (χ3v) is 3.23. The fourth-order valence-electron chi connectivity index (χ4n) is 2.41. The molecule has 1 heterocycles. The summed E-state index contributed by atoms with van der Waals surface area (Å²) in [6.45, 7) is 6.31. The van der Waals surface area contributed by atoms with E-state index in [9.17, 15) is 0 Å². The maximum atomic E-state index is 5.64. The zero-order chi connectivity index (χ0) is 10.8. The second-order valence-electron chi connectivity index (χ2n) is 4.62. The molecule has 82 valence electrons. The molecular weight excluding hydrogens is 184 g/mol. The van der Waals surface area contributed by atoms with Crippen molar-refractivity contribution in [2.75, 3.05) is 18.4 Å². The molecule has 0 saturated carbocycles. The number of nitrogens with two attached hydrogens (primary N) is 1. The number of benzene rings is 1. The molecule has 15 heavy (non-hydrogen) atoms. The van der Waals surface area contributed by atoms with Crippen LogP contribution in [-0.2, 0) is 0 Å². The molecule has 1 unspecified atom stereocenters. The zero-order valence-corrected chi connectivity index (χ0v) is 9.59. The quantitative estimate of drug-likeness (QED) is 0.794. The second-order valence-corrected chi connectivity index (χ2v) is 4.62. The Kier molecular flexibility index (Phi) is 2.96. The molecule has 0 aromatic heterocycles. The van der Waals surface area contributed by atoms with Crippen LogP contribution in [0.3, 0.4) is 0 Å². The lowest BCUT2D eigenvalue weighted by molar-refractivity contribution is 0.685. The summed E-state index contributed by atoms with van der Waals surface area (Å²) in [7, 11) is 0. The summed E-state index contributed by atoms with van der Waals surface area (Å²) in [5.74, 6) is 1.20. The van der Waals surface area contributed by atoms with Crippen LogP contribution in [0.25, 0.3) is 0 Å². The average molecular weight is 204 g/mol. The number of fused-ring (bicyclic) bond motifs is 1. The van der Waals surface area contributed by atoms with Crippen molar-refractivity contribution in [1.29, 1.82) is 0 Å². The second kappa shape index (κ2) is 4.23. The average Bonchev–Trinajstić information content (AvgIpc) is 2.62. The first-order valence-electron chi connectivity index (χ1n) is 5.80. The van der Waals surface area contributed by atoms with Crippen molar-refractivity contribution in [3.63, 3.8) is 0 Å². The Morgan fingerprint density at radius 1 is 1.47 bits per heavy atom. The highest BCUT2D eigenvalue weighted by Gasteiger charge is 2.23. The summed E-state index contributed by atoms with van der Waals surface area (Å²) in [5.41, 5.74) is 9.90. The van der Waals surface area contributed by atoms with Gasteiger partial charge in [0.1, 0.15) is 0 Å². The molecule has 0 radical (unpaired) electrons. The van der Waals surface area contributed by atoms with Gasteiger partial charge in [0.25, 0.3) is 0 Å². The molecule has 0 amide bonds. The van der Waals surface area contributed by atoms with E-state index in [1.165, 1.54) is 16.8 Å². The van der Waals surface area contributed by atoms with Crippen molar-refractivity contribution in [3.05, 3.63) is 29.3 Å². The van der Waals surface area contributed by atoms with Crippen molar-refractivity contribution in [3.8, 4) is 0 Å². The maximum absolute atomic E-state index is 5.64. The van der Waals surface area contributed by atoms with E-state index >= 15 is 0 Å². The van der Waals surface area contributed by atoms with E-state index in [2.05, 4.69) is 37.4 Å². The van der Waals surface area contributed by atoms with Crippen molar-refractivity contribution in [2.45, 2.75) is 32.1 Å². The van der Waals surface area contributed by atoms with E-state index in [-0.39, 0.29) is 0 Å². The molecule has 2 heteroatoms. The predicted molar refractivity (Wildman–Crippen MR) is 65.4 cm³/mol. The summed E-state index contributed by atoms with van der Waals surface area (Å²) in [5, 5.41) is 3.53. The molecule has 2 nitrogen and oxygen atoms in total. The molecule has 2 rings (SSSR count). The van der Waals surface area contributed by atoms with Crippen LogP contribution in [0.4, 0.5) is 5.69 Å². The molecule has 0 saturated heterocycles. The van der Waals surface area contributed by atoms with Crippen molar-refractivity contribution < 1.29 is 0 Å². The van der Waals surface area contributed by atoms with Gasteiger partial charge in [-0.3, -0.25) is 0 Å². The first-order chi connectivity index (χ1) is 7.24. The highest BCUT2D eigenvalue weighted by atomic mass is 14.9. The Hall–Kier alpha value is -1.02. The number of hydrogen-bond acceptors (Lipinski definition) is 2. The Labute approximate surface area is 91.9 Å². The lowest BCUT2D eigenvalue weighted by Gasteiger charge is -2.12. The minimum Gasteiger partial charge on any atom is -0.384 e. The molecule has 3 N–H and O–H groups in total. The highest BCUT2D eigenvalue weighted by Crippen LogP contribution is 2.38. The van der Waals surface area contributed by atoms with Gasteiger partial charge < -0.3 is 11.1 Å². The molecule has 0 bridgehead atoms. The minimum absolute atomic E-state index is 0.587. The third kappa shape index (κ3) is 1.86. The van der Waals surface area contributed by atoms with Crippen molar-refractivity contribution >= 4 is 5.69 Å². The topological polar surface area (TPSA) is 38.0 Å². The lowest BCUT2D eigenvalue weighted by atomic mass is 9.93. The maximum Gasteiger partial charge on any atom is 0.0411 e. The first-order valence-corrected chi connectivity index (χ1v) is 5.80. The van der Waals surface area contributed by atoms with Gasteiger partial charge in [-0.2, -0.15) is 0 Å². The largest absolute Gasteiger partial charge is 0.384 e. The van der Waals surface area contributed by atoms with E-state index < -0.39 is 0 Å². The molecule has 1 aromatic carbocycles. The number of rotatable bonds is 3. The van der Waals surface area contributed by atoms with Crippen LogP contribution in [0.15, 0.2) is 18.2 Å². The fourth-order valence-corrected chi connectivity index (χ4v) is 2.41.